The van der Waals surface area contributed by atoms with Crippen molar-refractivity contribution in [1.29, 1.82) is 0 Å². The maximum atomic E-state index is 12.9. The van der Waals surface area contributed by atoms with E-state index in [1.54, 1.807) is 24.3 Å². The van der Waals surface area contributed by atoms with Crippen LogP contribution in [0.2, 0.25) is 0 Å². The normalized spacial score (nSPS) is 10.5. The Hall–Kier alpha value is -3.68. The predicted octanol–water partition coefficient (Wildman–Crippen LogP) is 2.18. The number of nitrogens with zero attached hydrogens (tertiary/aromatic N) is 2. The molecule has 1 aromatic heterocycles. The van der Waals surface area contributed by atoms with Crippen LogP contribution in [0.15, 0.2) is 70.5 Å². The van der Waals surface area contributed by atoms with Crippen LogP contribution in [0, 0.1) is 5.82 Å². The van der Waals surface area contributed by atoms with Gasteiger partial charge in [0.1, 0.15) is 18.1 Å². The van der Waals surface area contributed by atoms with Gasteiger partial charge >= 0.3 is 11.1 Å². The molecule has 0 aliphatic rings. The molecule has 1 heterocycles. The number of carbonyl (C=O) groups is 1. The van der Waals surface area contributed by atoms with Crippen molar-refractivity contribution in [2.45, 2.75) is 13.5 Å². The van der Waals surface area contributed by atoms with E-state index in [1.807, 2.05) is 6.92 Å². The molecule has 0 spiro atoms. The summed E-state index contributed by atoms with van der Waals surface area (Å²) in [6.45, 7) is 2.05. The Morgan fingerprint density at radius 1 is 1.00 bits per heavy atom. The molecule has 0 aliphatic carbocycles. The lowest BCUT2D eigenvalue weighted by Gasteiger charge is -2.10. The molecule has 3 rings (SSSR count). The molecule has 0 fully saturated rings. The highest BCUT2D eigenvalue weighted by molar-refractivity contribution is 5.90. The van der Waals surface area contributed by atoms with Gasteiger partial charge in [0.2, 0.25) is 5.91 Å². The smallest absolute Gasteiger partial charge is 0.320 e. The Labute approximate surface area is 159 Å². The molecule has 2 aromatic carbocycles. The van der Waals surface area contributed by atoms with Gasteiger partial charge in [-0.1, -0.05) is 0 Å². The van der Waals surface area contributed by atoms with Gasteiger partial charge in [0.15, 0.2) is 0 Å². The molecule has 1 amide bonds. The minimum absolute atomic E-state index is 0.338. The zero-order chi connectivity index (χ0) is 20.1. The van der Waals surface area contributed by atoms with E-state index in [0.717, 1.165) is 4.57 Å². The molecule has 0 saturated heterocycles. The Morgan fingerprint density at radius 3 is 2.32 bits per heavy atom. The lowest BCUT2D eigenvalue weighted by molar-refractivity contribution is -0.116. The second-order valence-corrected chi connectivity index (χ2v) is 5.89. The molecule has 0 saturated carbocycles. The molecule has 144 valence electrons. The predicted molar refractivity (Wildman–Crippen MR) is 102 cm³/mol. The van der Waals surface area contributed by atoms with Gasteiger partial charge in [-0.25, -0.2) is 4.39 Å². The molecule has 0 radical (unpaired) electrons. The number of amides is 1. The molecule has 0 bridgehead atoms. The fraction of sp³-hybridized carbons (Fsp3) is 0.150. The topological polar surface area (TPSA) is 82.3 Å². The van der Waals surface area contributed by atoms with Crippen molar-refractivity contribution in [2.75, 3.05) is 11.9 Å². The third kappa shape index (κ3) is 4.35. The summed E-state index contributed by atoms with van der Waals surface area (Å²) in [7, 11) is 0. The van der Waals surface area contributed by atoms with Gasteiger partial charge in [-0.05, 0) is 55.5 Å². The highest BCUT2D eigenvalue weighted by Gasteiger charge is 2.10. The summed E-state index contributed by atoms with van der Waals surface area (Å²) >= 11 is 0. The zero-order valence-corrected chi connectivity index (χ0v) is 15.1. The summed E-state index contributed by atoms with van der Waals surface area (Å²) in [6, 6.07) is 12.0. The summed E-state index contributed by atoms with van der Waals surface area (Å²) in [5, 5.41) is 2.54. The molecule has 3 aromatic rings. The second kappa shape index (κ2) is 8.34. The van der Waals surface area contributed by atoms with Crippen molar-refractivity contribution in [3.05, 3.63) is 87.4 Å². The molecule has 28 heavy (non-hydrogen) atoms. The van der Waals surface area contributed by atoms with Gasteiger partial charge in [-0.15, -0.1) is 0 Å². The van der Waals surface area contributed by atoms with Crippen LogP contribution in [0.5, 0.6) is 5.75 Å². The molecule has 7 nitrogen and oxygen atoms in total. The standard InChI is InChI=1S/C20H18FN3O4/c1-2-28-17-9-7-16(8-10-17)24-12-11-23(19(26)20(24)27)13-18(25)22-15-5-3-14(21)4-6-15/h3-12H,2,13H2,1H3,(H,22,25). The van der Waals surface area contributed by atoms with Gasteiger partial charge in [-0.3, -0.25) is 23.5 Å². The summed E-state index contributed by atoms with van der Waals surface area (Å²) in [6.07, 6.45) is 2.79. The minimum atomic E-state index is -0.828. The number of rotatable bonds is 6. The molecular weight excluding hydrogens is 365 g/mol. The maximum Gasteiger partial charge on any atom is 0.320 e. The van der Waals surface area contributed by atoms with Crippen molar-refractivity contribution in [1.82, 2.24) is 9.13 Å². The first-order valence-corrected chi connectivity index (χ1v) is 8.58. The number of hydrogen-bond acceptors (Lipinski definition) is 4. The number of carbonyl (C=O) groups excluding carboxylic acids is 1. The Balaban J connectivity index is 1.78. The van der Waals surface area contributed by atoms with Crippen LogP contribution in [0.4, 0.5) is 10.1 Å². The second-order valence-electron chi connectivity index (χ2n) is 5.89. The Kier molecular flexibility index (Phi) is 5.69. The van der Waals surface area contributed by atoms with Crippen LogP contribution in [0.3, 0.4) is 0 Å². The number of ether oxygens (including phenoxy) is 1. The van der Waals surface area contributed by atoms with Crippen LogP contribution in [0.1, 0.15) is 6.92 Å². The number of halogens is 1. The maximum absolute atomic E-state index is 12.9. The molecule has 1 N–H and O–H groups in total. The largest absolute Gasteiger partial charge is 0.494 e. The zero-order valence-electron chi connectivity index (χ0n) is 15.1. The van der Waals surface area contributed by atoms with E-state index < -0.39 is 22.8 Å². The Morgan fingerprint density at radius 2 is 1.68 bits per heavy atom. The van der Waals surface area contributed by atoms with Crippen LogP contribution >= 0.6 is 0 Å². The van der Waals surface area contributed by atoms with Gasteiger partial charge < -0.3 is 10.1 Å². The first kappa shape index (κ1) is 19.1. The van der Waals surface area contributed by atoms with Gasteiger partial charge in [0.05, 0.1) is 6.61 Å². The van der Waals surface area contributed by atoms with Crippen molar-refractivity contribution in [3.63, 3.8) is 0 Å². The number of anilines is 1. The SMILES string of the molecule is CCOc1ccc(-n2ccn(CC(=O)Nc3ccc(F)cc3)c(=O)c2=O)cc1. The highest BCUT2D eigenvalue weighted by Crippen LogP contribution is 2.14. The summed E-state index contributed by atoms with van der Waals surface area (Å²) < 4.78 is 20.5. The first-order chi connectivity index (χ1) is 13.5. The summed E-state index contributed by atoms with van der Waals surface area (Å²) in [4.78, 5) is 36.8. The summed E-state index contributed by atoms with van der Waals surface area (Å²) in [5.41, 5.74) is -0.706. The third-order valence-electron chi connectivity index (χ3n) is 3.93. The van der Waals surface area contributed by atoms with Crippen LogP contribution in [-0.2, 0) is 11.3 Å². The molecular formula is C20H18FN3O4. The van der Waals surface area contributed by atoms with E-state index in [9.17, 15) is 18.8 Å². The highest BCUT2D eigenvalue weighted by atomic mass is 19.1. The quantitative estimate of drug-likeness (QED) is 0.662. The van der Waals surface area contributed by atoms with E-state index in [2.05, 4.69) is 5.32 Å². The van der Waals surface area contributed by atoms with Gasteiger partial charge in [0, 0.05) is 23.8 Å². The lowest BCUT2D eigenvalue weighted by atomic mass is 10.3. The number of hydrogen-bond donors (Lipinski definition) is 1. The number of aromatic nitrogens is 2. The van der Waals surface area contributed by atoms with Crippen molar-refractivity contribution < 1.29 is 13.9 Å². The van der Waals surface area contributed by atoms with Gasteiger partial charge in [-0.2, -0.15) is 0 Å². The van der Waals surface area contributed by atoms with Crippen molar-refractivity contribution in [2.24, 2.45) is 0 Å². The fourth-order valence-corrected chi connectivity index (χ4v) is 2.59. The van der Waals surface area contributed by atoms with Crippen LogP contribution < -0.4 is 21.2 Å². The third-order valence-corrected chi connectivity index (χ3v) is 3.93. The molecule has 8 heteroatoms. The molecule has 0 unspecified atom stereocenters. The number of nitrogens with one attached hydrogen (secondary N) is 1. The minimum Gasteiger partial charge on any atom is -0.494 e. The molecule has 0 atom stereocenters. The van der Waals surface area contributed by atoms with E-state index in [0.29, 0.717) is 23.7 Å². The number of benzene rings is 2. The fourth-order valence-electron chi connectivity index (χ4n) is 2.59. The first-order valence-electron chi connectivity index (χ1n) is 8.58. The van der Waals surface area contributed by atoms with Crippen LogP contribution in [0.25, 0.3) is 5.69 Å². The van der Waals surface area contributed by atoms with Crippen molar-refractivity contribution >= 4 is 11.6 Å². The monoisotopic (exact) mass is 383 g/mol. The van der Waals surface area contributed by atoms with Gasteiger partial charge in [0.25, 0.3) is 0 Å². The average Bonchev–Trinajstić information content (AvgIpc) is 2.69. The van der Waals surface area contributed by atoms with E-state index in [4.69, 9.17) is 4.74 Å². The average molecular weight is 383 g/mol. The van der Waals surface area contributed by atoms with E-state index in [-0.39, 0.29) is 6.54 Å². The van der Waals surface area contributed by atoms with E-state index >= 15 is 0 Å². The van der Waals surface area contributed by atoms with Crippen LogP contribution in [-0.4, -0.2) is 21.6 Å². The Bertz CT molecular complexity index is 1090. The summed E-state index contributed by atoms with van der Waals surface area (Å²) in [5.74, 6) is -0.274. The van der Waals surface area contributed by atoms with Crippen molar-refractivity contribution in [3.8, 4) is 11.4 Å². The lowest BCUT2D eigenvalue weighted by Crippen LogP contribution is -2.41. The van der Waals surface area contributed by atoms with E-state index in [1.165, 1.54) is 41.2 Å². The molecule has 0 aliphatic heterocycles.